The van der Waals surface area contributed by atoms with Gasteiger partial charge in [-0.3, -0.25) is 19.3 Å². The topological polar surface area (TPSA) is 74.7 Å². The van der Waals surface area contributed by atoms with Crippen LogP contribution in [-0.2, 0) is 19.8 Å². The molecule has 1 saturated carbocycles. The third-order valence-corrected chi connectivity index (χ3v) is 5.23. The summed E-state index contributed by atoms with van der Waals surface area (Å²) in [5, 5.41) is 9.17. The van der Waals surface area contributed by atoms with Crippen LogP contribution >= 0.6 is 0 Å². The summed E-state index contributed by atoms with van der Waals surface area (Å²) in [6.45, 7) is 0.325. The van der Waals surface area contributed by atoms with Gasteiger partial charge in [0.2, 0.25) is 11.6 Å². The minimum atomic E-state index is -1.31. The molecular formula is C18H20FNO4. The highest BCUT2D eigenvalue weighted by Gasteiger charge is 2.44. The summed E-state index contributed by atoms with van der Waals surface area (Å²) in [7, 11) is 0. The van der Waals surface area contributed by atoms with Crippen LogP contribution in [0.1, 0.15) is 31.2 Å². The number of Topliss-reactive ketones (excluding diaryl/α,β-unsaturated/α-hetero) is 2. The van der Waals surface area contributed by atoms with Crippen LogP contribution < -0.4 is 0 Å². The highest BCUT2D eigenvalue weighted by molar-refractivity contribution is 6.42. The van der Waals surface area contributed by atoms with Crippen molar-refractivity contribution in [2.45, 2.75) is 31.1 Å². The van der Waals surface area contributed by atoms with E-state index in [1.807, 2.05) is 0 Å². The van der Waals surface area contributed by atoms with Crippen LogP contribution in [0, 0.1) is 11.7 Å². The molecule has 1 aliphatic carbocycles. The number of halogens is 1. The van der Waals surface area contributed by atoms with Crippen molar-refractivity contribution in [3.8, 4) is 0 Å². The Balaban J connectivity index is 1.87. The average molecular weight is 333 g/mol. The van der Waals surface area contributed by atoms with Crippen LogP contribution in [0.3, 0.4) is 0 Å². The first kappa shape index (κ1) is 16.8. The van der Waals surface area contributed by atoms with Gasteiger partial charge >= 0.3 is 5.97 Å². The van der Waals surface area contributed by atoms with E-state index in [9.17, 15) is 23.9 Å². The third kappa shape index (κ3) is 2.98. The number of hydrogen-bond acceptors (Lipinski definition) is 4. The van der Waals surface area contributed by atoms with Gasteiger partial charge in [0.25, 0.3) is 0 Å². The molecule has 1 unspecified atom stereocenters. The molecule has 0 spiro atoms. The molecule has 24 heavy (non-hydrogen) atoms. The predicted octanol–water partition coefficient (Wildman–Crippen LogP) is 1.79. The van der Waals surface area contributed by atoms with Gasteiger partial charge in [0.1, 0.15) is 11.7 Å². The Labute approximate surface area is 139 Å². The molecule has 1 heterocycles. The molecule has 1 N–H and O–H groups in total. The van der Waals surface area contributed by atoms with E-state index in [4.69, 9.17) is 0 Å². The maximum atomic E-state index is 14.4. The van der Waals surface area contributed by atoms with E-state index < -0.39 is 28.9 Å². The fraction of sp³-hybridized carbons (Fsp3) is 0.500. The molecule has 1 aromatic rings. The molecule has 2 fully saturated rings. The molecule has 3 rings (SSSR count). The molecule has 1 aromatic carbocycles. The molecule has 1 saturated heterocycles. The lowest BCUT2D eigenvalue weighted by Gasteiger charge is -2.38. The summed E-state index contributed by atoms with van der Waals surface area (Å²) in [6.07, 6.45) is 3.53. The second kappa shape index (κ2) is 6.43. The summed E-state index contributed by atoms with van der Waals surface area (Å²) in [4.78, 5) is 36.6. The van der Waals surface area contributed by atoms with Gasteiger partial charge in [0.05, 0.1) is 6.54 Å². The number of ketones is 2. The number of carbonyl (C=O) groups is 3. The van der Waals surface area contributed by atoms with Gasteiger partial charge in [-0.05, 0) is 24.5 Å². The number of aliphatic carboxylic acids is 1. The van der Waals surface area contributed by atoms with Crippen molar-refractivity contribution in [2.75, 3.05) is 19.6 Å². The third-order valence-electron chi connectivity index (χ3n) is 5.23. The molecule has 0 radical (unpaired) electrons. The standard InChI is InChI=1S/C18H20FNO4/c19-14-6-2-1-5-13(14)18(7-3-4-8-18)11-20-9-12(17(23)24)16(22)15(21)10-20/h1-2,5-6,12H,3-4,7-11H2,(H,23,24). The van der Waals surface area contributed by atoms with Crippen molar-refractivity contribution in [3.63, 3.8) is 0 Å². The van der Waals surface area contributed by atoms with Crippen LogP contribution in [-0.4, -0.2) is 47.2 Å². The lowest BCUT2D eigenvalue weighted by Crippen LogP contribution is -2.53. The quantitative estimate of drug-likeness (QED) is 0.672. The molecule has 0 aromatic heterocycles. The monoisotopic (exact) mass is 333 g/mol. The van der Waals surface area contributed by atoms with Gasteiger partial charge in [0, 0.05) is 18.5 Å². The van der Waals surface area contributed by atoms with Crippen molar-refractivity contribution >= 4 is 17.5 Å². The molecular weight excluding hydrogens is 313 g/mol. The Hall–Kier alpha value is -2.08. The second-order valence-corrected chi connectivity index (χ2v) is 6.82. The van der Waals surface area contributed by atoms with Crippen LogP contribution in [0.2, 0.25) is 0 Å². The SMILES string of the molecule is O=C1CN(CC2(c3ccccc3F)CCCC2)CC(C(=O)O)C1=O. The number of hydrogen-bond donors (Lipinski definition) is 1. The number of carboxylic acids is 1. The smallest absolute Gasteiger partial charge is 0.315 e. The minimum Gasteiger partial charge on any atom is -0.481 e. The normalized spacial score (nSPS) is 24.3. The van der Waals surface area contributed by atoms with Crippen LogP contribution in [0.5, 0.6) is 0 Å². The van der Waals surface area contributed by atoms with Crippen molar-refractivity contribution in [1.82, 2.24) is 4.90 Å². The molecule has 2 aliphatic rings. The lowest BCUT2D eigenvalue weighted by molar-refractivity contribution is -0.154. The summed E-state index contributed by atoms with van der Waals surface area (Å²) in [6, 6.07) is 6.64. The molecule has 1 atom stereocenters. The number of rotatable bonds is 4. The minimum absolute atomic E-state index is 0.0100. The van der Waals surface area contributed by atoms with Gasteiger partial charge in [-0.25, -0.2) is 4.39 Å². The number of likely N-dealkylation sites (tertiary alicyclic amines) is 1. The fourth-order valence-corrected chi connectivity index (χ4v) is 4.08. The zero-order valence-corrected chi connectivity index (χ0v) is 13.3. The number of carbonyl (C=O) groups excluding carboxylic acids is 2. The Kier molecular flexibility index (Phi) is 4.49. The summed E-state index contributed by atoms with van der Waals surface area (Å²) < 4.78 is 14.4. The maximum absolute atomic E-state index is 14.4. The van der Waals surface area contributed by atoms with Gasteiger partial charge in [-0.2, -0.15) is 0 Å². The van der Waals surface area contributed by atoms with E-state index in [0.717, 1.165) is 25.7 Å². The molecule has 1 aliphatic heterocycles. The Morgan fingerprint density at radius 1 is 1.25 bits per heavy atom. The molecule has 5 nitrogen and oxygen atoms in total. The lowest BCUT2D eigenvalue weighted by atomic mass is 9.77. The number of carboxylic acid groups (broad SMARTS) is 1. The largest absolute Gasteiger partial charge is 0.481 e. The highest BCUT2D eigenvalue weighted by Crippen LogP contribution is 2.43. The molecule has 6 heteroatoms. The van der Waals surface area contributed by atoms with E-state index in [-0.39, 0.29) is 18.9 Å². The Morgan fingerprint density at radius 3 is 2.54 bits per heavy atom. The molecule has 0 bridgehead atoms. The second-order valence-electron chi connectivity index (χ2n) is 6.82. The van der Waals surface area contributed by atoms with Gasteiger partial charge < -0.3 is 5.11 Å². The van der Waals surface area contributed by atoms with Crippen LogP contribution in [0.25, 0.3) is 0 Å². The average Bonchev–Trinajstić information content (AvgIpc) is 3.00. The van der Waals surface area contributed by atoms with Gasteiger partial charge in [-0.15, -0.1) is 0 Å². The van der Waals surface area contributed by atoms with E-state index >= 15 is 0 Å². The first-order chi connectivity index (χ1) is 11.4. The first-order valence-corrected chi connectivity index (χ1v) is 8.20. The van der Waals surface area contributed by atoms with E-state index in [1.165, 1.54) is 6.07 Å². The summed E-state index contributed by atoms with van der Waals surface area (Å²) >= 11 is 0. The Bertz CT molecular complexity index is 681. The van der Waals surface area contributed by atoms with Crippen molar-refractivity contribution in [1.29, 1.82) is 0 Å². The van der Waals surface area contributed by atoms with Crippen molar-refractivity contribution in [3.05, 3.63) is 35.6 Å². The maximum Gasteiger partial charge on any atom is 0.315 e. The van der Waals surface area contributed by atoms with E-state index in [0.29, 0.717) is 12.1 Å². The van der Waals surface area contributed by atoms with Crippen LogP contribution in [0.4, 0.5) is 4.39 Å². The summed E-state index contributed by atoms with van der Waals surface area (Å²) in [5.41, 5.74) is 0.202. The van der Waals surface area contributed by atoms with Gasteiger partial charge in [0.15, 0.2) is 0 Å². The number of piperidine rings is 1. The zero-order chi connectivity index (χ0) is 17.3. The molecule has 128 valence electrons. The van der Waals surface area contributed by atoms with Gasteiger partial charge in [-0.1, -0.05) is 31.0 Å². The molecule has 0 amide bonds. The number of nitrogens with zero attached hydrogens (tertiary/aromatic N) is 1. The first-order valence-electron chi connectivity index (χ1n) is 8.20. The summed E-state index contributed by atoms with van der Waals surface area (Å²) in [5.74, 6) is -4.36. The zero-order valence-electron chi connectivity index (χ0n) is 13.3. The van der Waals surface area contributed by atoms with E-state index in [1.54, 1.807) is 23.1 Å². The van der Waals surface area contributed by atoms with Crippen molar-refractivity contribution < 1.29 is 23.9 Å². The Morgan fingerprint density at radius 2 is 1.92 bits per heavy atom. The fourth-order valence-electron chi connectivity index (χ4n) is 4.08. The number of benzene rings is 1. The van der Waals surface area contributed by atoms with Crippen molar-refractivity contribution in [2.24, 2.45) is 5.92 Å². The highest BCUT2D eigenvalue weighted by atomic mass is 19.1. The van der Waals surface area contributed by atoms with E-state index in [2.05, 4.69) is 0 Å². The van der Waals surface area contributed by atoms with Crippen LogP contribution in [0.15, 0.2) is 24.3 Å². The predicted molar refractivity (Wildman–Crippen MR) is 84.1 cm³/mol.